The second-order valence-corrected chi connectivity index (χ2v) is 3.86. The van der Waals surface area contributed by atoms with Crippen molar-refractivity contribution in [2.45, 2.75) is 6.92 Å². The number of hydrogen-bond acceptors (Lipinski definition) is 4. The fourth-order valence-corrected chi connectivity index (χ4v) is 1.55. The first-order chi connectivity index (χ1) is 8.06. The lowest BCUT2D eigenvalue weighted by molar-refractivity contribution is 0.101. The van der Waals surface area contributed by atoms with Gasteiger partial charge in [-0.3, -0.25) is 14.5 Å². The van der Waals surface area contributed by atoms with E-state index in [9.17, 15) is 4.79 Å². The van der Waals surface area contributed by atoms with Gasteiger partial charge in [0.05, 0.1) is 18.1 Å². The van der Waals surface area contributed by atoms with E-state index in [0.29, 0.717) is 11.5 Å². The predicted molar refractivity (Wildman–Crippen MR) is 62.9 cm³/mol. The molecule has 0 saturated carbocycles. The smallest absolute Gasteiger partial charge is 0.275 e. The molecular formula is C10H10ClN5O. The van der Waals surface area contributed by atoms with Crippen LogP contribution in [0.3, 0.4) is 0 Å². The molecule has 0 saturated heterocycles. The number of aromatic nitrogens is 4. The van der Waals surface area contributed by atoms with Gasteiger partial charge in [0.25, 0.3) is 5.91 Å². The fourth-order valence-electron chi connectivity index (χ4n) is 1.41. The van der Waals surface area contributed by atoms with Crippen molar-refractivity contribution in [2.75, 3.05) is 5.32 Å². The van der Waals surface area contributed by atoms with E-state index in [-0.39, 0.29) is 11.1 Å². The third kappa shape index (κ3) is 2.59. The summed E-state index contributed by atoms with van der Waals surface area (Å²) in [5, 5.41) is 6.91. The van der Waals surface area contributed by atoms with Crippen LogP contribution in [-0.4, -0.2) is 25.7 Å². The van der Waals surface area contributed by atoms with E-state index in [1.54, 1.807) is 13.1 Å². The molecular weight excluding hydrogens is 242 g/mol. The van der Waals surface area contributed by atoms with Crippen LogP contribution in [-0.2, 0) is 7.05 Å². The molecule has 0 aliphatic rings. The van der Waals surface area contributed by atoms with E-state index in [0.717, 1.165) is 5.69 Å². The van der Waals surface area contributed by atoms with Crippen molar-refractivity contribution in [3.05, 3.63) is 35.0 Å². The van der Waals surface area contributed by atoms with Crippen LogP contribution in [0.4, 0.5) is 5.82 Å². The Hall–Kier alpha value is -1.95. The van der Waals surface area contributed by atoms with Crippen molar-refractivity contribution in [1.29, 1.82) is 0 Å². The maximum absolute atomic E-state index is 11.9. The van der Waals surface area contributed by atoms with E-state index < -0.39 is 0 Å². The molecule has 6 nitrogen and oxygen atoms in total. The molecule has 0 aliphatic heterocycles. The van der Waals surface area contributed by atoms with Crippen molar-refractivity contribution in [2.24, 2.45) is 7.05 Å². The molecule has 0 fully saturated rings. The summed E-state index contributed by atoms with van der Waals surface area (Å²) in [4.78, 5) is 19.6. The van der Waals surface area contributed by atoms with Gasteiger partial charge in [-0.1, -0.05) is 11.6 Å². The third-order valence-electron chi connectivity index (χ3n) is 2.08. The highest BCUT2D eigenvalue weighted by atomic mass is 35.5. The summed E-state index contributed by atoms with van der Waals surface area (Å²) in [5.41, 5.74) is 1.22. The fraction of sp³-hybridized carbons (Fsp3) is 0.200. The number of carbonyl (C=O) groups is 1. The van der Waals surface area contributed by atoms with Crippen LogP contribution >= 0.6 is 11.6 Å². The molecule has 1 amide bonds. The first kappa shape index (κ1) is 11.5. The first-order valence-electron chi connectivity index (χ1n) is 4.86. The van der Waals surface area contributed by atoms with Crippen LogP contribution in [0, 0.1) is 6.92 Å². The molecule has 2 aromatic heterocycles. The normalized spacial score (nSPS) is 10.3. The van der Waals surface area contributed by atoms with Gasteiger partial charge in [-0.25, -0.2) is 4.98 Å². The van der Waals surface area contributed by atoms with Gasteiger partial charge in [-0.05, 0) is 13.0 Å². The Labute approximate surface area is 103 Å². The molecule has 1 N–H and O–H groups in total. The first-order valence-corrected chi connectivity index (χ1v) is 5.23. The number of carbonyl (C=O) groups excluding carboxylic acids is 1. The number of anilines is 1. The molecule has 88 valence electrons. The lowest BCUT2D eigenvalue weighted by Gasteiger charge is -2.03. The number of halogens is 1. The Morgan fingerprint density at radius 3 is 2.82 bits per heavy atom. The molecule has 0 spiro atoms. The number of hydrogen-bond donors (Lipinski definition) is 1. The number of amides is 1. The van der Waals surface area contributed by atoms with Gasteiger partial charge in [-0.15, -0.1) is 0 Å². The SMILES string of the molecule is Cc1cc(C(=O)Nc2cncc(Cl)n2)n(C)n1. The Kier molecular flexibility index (Phi) is 3.06. The second kappa shape index (κ2) is 4.50. The average molecular weight is 252 g/mol. The number of aryl methyl sites for hydroxylation is 2. The Bertz CT molecular complexity index is 566. The van der Waals surface area contributed by atoms with Gasteiger partial charge in [0.15, 0.2) is 5.82 Å². The zero-order chi connectivity index (χ0) is 12.4. The summed E-state index contributed by atoms with van der Waals surface area (Å²) in [6, 6.07) is 1.69. The van der Waals surface area contributed by atoms with E-state index in [2.05, 4.69) is 20.4 Å². The molecule has 0 bridgehead atoms. The van der Waals surface area contributed by atoms with Crippen LogP contribution in [0.25, 0.3) is 0 Å². The van der Waals surface area contributed by atoms with Crippen molar-refractivity contribution in [3.63, 3.8) is 0 Å². The van der Waals surface area contributed by atoms with E-state index in [1.165, 1.54) is 17.1 Å². The van der Waals surface area contributed by atoms with Crippen LogP contribution in [0.15, 0.2) is 18.5 Å². The maximum Gasteiger partial charge on any atom is 0.275 e. The van der Waals surface area contributed by atoms with Gasteiger partial charge in [0.2, 0.25) is 0 Å². The quantitative estimate of drug-likeness (QED) is 0.876. The van der Waals surface area contributed by atoms with E-state index in [1.807, 2.05) is 6.92 Å². The third-order valence-corrected chi connectivity index (χ3v) is 2.26. The second-order valence-electron chi connectivity index (χ2n) is 3.48. The van der Waals surface area contributed by atoms with Crippen molar-refractivity contribution in [3.8, 4) is 0 Å². The average Bonchev–Trinajstić information content (AvgIpc) is 2.58. The Morgan fingerprint density at radius 2 is 2.24 bits per heavy atom. The molecule has 2 rings (SSSR count). The topological polar surface area (TPSA) is 72.7 Å². The molecule has 7 heteroatoms. The molecule has 2 heterocycles. The molecule has 17 heavy (non-hydrogen) atoms. The number of nitrogens with zero attached hydrogens (tertiary/aromatic N) is 4. The van der Waals surface area contributed by atoms with Gasteiger partial charge in [-0.2, -0.15) is 5.10 Å². The molecule has 0 unspecified atom stereocenters. The maximum atomic E-state index is 11.9. The zero-order valence-electron chi connectivity index (χ0n) is 9.31. The summed E-state index contributed by atoms with van der Waals surface area (Å²) in [5.74, 6) is 0.00557. The summed E-state index contributed by atoms with van der Waals surface area (Å²) in [6.07, 6.45) is 2.82. The molecule has 0 atom stereocenters. The standard InChI is InChI=1S/C10H10ClN5O/c1-6-3-7(16(2)15-6)10(17)14-9-5-12-4-8(11)13-9/h3-5H,1-2H3,(H,13,14,17). The van der Waals surface area contributed by atoms with Gasteiger partial charge in [0.1, 0.15) is 10.8 Å². The van der Waals surface area contributed by atoms with Crippen molar-refractivity contribution >= 4 is 23.3 Å². The Morgan fingerprint density at radius 1 is 1.47 bits per heavy atom. The summed E-state index contributed by atoms with van der Waals surface area (Å²) < 4.78 is 1.50. The van der Waals surface area contributed by atoms with Crippen molar-refractivity contribution in [1.82, 2.24) is 19.7 Å². The van der Waals surface area contributed by atoms with Crippen LogP contribution in [0.1, 0.15) is 16.2 Å². The van der Waals surface area contributed by atoms with Crippen LogP contribution in [0.5, 0.6) is 0 Å². The summed E-state index contributed by atoms with van der Waals surface area (Å²) in [7, 11) is 1.70. The monoisotopic (exact) mass is 251 g/mol. The molecule has 0 radical (unpaired) electrons. The summed E-state index contributed by atoms with van der Waals surface area (Å²) >= 11 is 5.67. The lowest BCUT2D eigenvalue weighted by Crippen LogP contribution is -2.16. The van der Waals surface area contributed by atoms with Gasteiger partial charge < -0.3 is 5.32 Å². The molecule has 0 aromatic carbocycles. The predicted octanol–water partition coefficient (Wildman–Crippen LogP) is 1.42. The van der Waals surface area contributed by atoms with Crippen molar-refractivity contribution < 1.29 is 4.79 Å². The number of rotatable bonds is 2. The highest BCUT2D eigenvalue weighted by Crippen LogP contribution is 2.09. The minimum atomic E-state index is -0.301. The van der Waals surface area contributed by atoms with E-state index >= 15 is 0 Å². The highest BCUT2D eigenvalue weighted by molar-refractivity contribution is 6.29. The highest BCUT2D eigenvalue weighted by Gasteiger charge is 2.12. The van der Waals surface area contributed by atoms with Gasteiger partial charge >= 0.3 is 0 Å². The molecule has 0 aliphatic carbocycles. The molecule has 2 aromatic rings. The Balaban J connectivity index is 2.20. The largest absolute Gasteiger partial charge is 0.304 e. The lowest BCUT2D eigenvalue weighted by atomic mass is 10.3. The summed E-state index contributed by atoms with van der Waals surface area (Å²) in [6.45, 7) is 1.82. The van der Waals surface area contributed by atoms with E-state index in [4.69, 9.17) is 11.6 Å². The zero-order valence-corrected chi connectivity index (χ0v) is 10.1. The number of nitrogens with one attached hydrogen (secondary N) is 1. The minimum Gasteiger partial charge on any atom is -0.304 e. The van der Waals surface area contributed by atoms with Gasteiger partial charge in [0, 0.05) is 7.05 Å². The van der Waals surface area contributed by atoms with Crippen LogP contribution in [0.2, 0.25) is 5.15 Å². The minimum absolute atomic E-state index is 0.226. The van der Waals surface area contributed by atoms with Crippen LogP contribution < -0.4 is 5.32 Å².